The highest BCUT2D eigenvalue weighted by Gasteiger charge is 2.24. The van der Waals surface area contributed by atoms with Gasteiger partial charge in [-0.25, -0.2) is 0 Å². The van der Waals surface area contributed by atoms with Gasteiger partial charge in [0.15, 0.2) is 0 Å². The van der Waals surface area contributed by atoms with Gasteiger partial charge in [0.25, 0.3) is 0 Å². The fourth-order valence-corrected chi connectivity index (χ4v) is 3.42. The standard InChI is InChI=1S/C18H20BrClO/c1-3-15(13-8-6-5-7-9-13)18(20)16-12-14(19)10-11-17(16)21-4-2/h5-12,15,18H,3-4H2,1-2H3. The van der Waals surface area contributed by atoms with Crippen LogP contribution in [0.4, 0.5) is 0 Å². The van der Waals surface area contributed by atoms with Gasteiger partial charge >= 0.3 is 0 Å². The highest BCUT2D eigenvalue weighted by Crippen LogP contribution is 2.43. The molecule has 0 N–H and O–H groups in total. The molecule has 3 heteroatoms. The summed E-state index contributed by atoms with van der Waals surface area (Å²) in [6, 6.07) is 16.5. The lowest BCUT2D eigenvalue weighted by Crippen LogP contribution is -2.08. The molecule has 2 unspecified atom stereocenters. The van der Waals surface area contributed by atoms with Crippen LogP contribution >= 0.6 is 27.5 Å². The van der Waals surface area contributed by atoms with Gasteiger partial charge in [-0.3, -0.25) is 0 Å². The maximum absolute atomic E-state index is 6.82. The van der Waals surface area contributed by atoms with Crippen molar-refractivity contribution in [2.24, 2.45) is 0 Å². The SMILES string of the molecule is CCOc1ccc(Br)cc1C(Cl)C(CC)c1ccccc1. The van der Waals surface area contributed by atoms with E-state index in [4.69, 9.17) is 16.3 Å². The highest BCUT2D eigenvalue weighted by atomic mass is 79.9. The fraction of sp³-hybridized carbons (Fsp3) is 0.333. The Morgan fingerprint density at radius 2 is 1.81 bits per heavy atom. The number of rotatable bonds is 6. The van der Waals surface area contributed by atoms with E-state index in [0.29, 0.717) is 6.61 Å². The zero-order valence-corrected chi connectivity index (χ0v) is 14.7. The lowest BCUT2D eigenvalue weighted by Gasteiger charge is -2.24. The first-order chi connectivity index (χ1) is 10.2. The maximum Gasteiger partial charge on any atom is 0.124 e. The molecule has 2 rings (SSSR count). The van der Waals surface area contributed by atoms with Crippen molar-refractivity contribution in [2.75, 3.05) is 6.61 Å². The third-order valence-electron chi connectivity index (χ3n) is 3.59. The molecule has 0 amide bonds. The average Bonchev–Trinajstić information content (AvgIpc) is 2.51. The van der Waals surface area contributed by atoms with Gasteiger partial charge in [0, 0.05) is 16.0 Å². The molecule has 0 radical (unpaired) electrons. The summed E-state index contributed by atoms with van der Waals surface area (Å²) in [5.41, 5.74) is 2.31. The summed E-state index contributed by atoms with van der Waals surface area (Å²) in [6.07, 6.45) is 0.982. The molecule has 0 saturated heterocycles. The predicted molar refractivity (Wildman–Crippen MR) is 93.4 cm³/mol. The molecule has 21 heavy (non-hydrogen) atoms. The Morgan fingerprint density at radius 1 is 1.10 bits per heavy atom. The lowest BCUT2D eigenvalue weighted by molar-refractivity contribution is 0.335. The molecular weight excluding hydrogens is 348 g/mol. The van der Waals surface area contributed by atoms with Crippen LogP contribution in [0.5, 0.6) is 5.75 Å². The number of benzene rings is 2. The zero-order chi connectivity index (χ0) is 15.2. The normalized spacial score (nSPS) is 13.7. The van der Waals surface area contributed by atoms with Crippen molar-refractivity contribution in [3.05, 3.63) is 64.1 Å². The summed E-state index contributed by atoms with van der Waals surface area (Å²) < 4.78 is 6.76. The van der Waals surface area contributed by atoms with Crippen LogP contribution in [0.15, 0.2) is 53.0 Å². The van der Waals surface area contributed by atoms with E-state index in [-0.39, 0.29) is 11.3 Å². The molecule has 0 aliphatic carbocycles. The van der Waals surface area contributed by atoms with E-state index in [1.165, 1.54) is 5.56 Å². The third kappa shape index (κ3) is 4.02. The first-order valence-electron chi connectivity index (χ1n) is 7.28. The van der Waals surface area contributed by atoms with E-state index in [1.807, 2.05) is 25.1 Å². The second-order valence-electron chi connectivity index (χ2n) is 4.94. The molecule has 0 heterocycles. The molecule has 2 aromatic carbocycles. The smallest absolute Gasteiger partial charge is 0.124 e. The van der Waals surface area contributed by atoms with E-state index >= 15 is 0 Å². The third-order valence-corrected chi connectivity index (χ3v) is 4.62. The molecule has 0 aliphatic heterocycles. The van der Waals surface area contributed by atoms with E-state index < -0.39 is 0 Å². The minimum Gasteiger partial charge on any atom is -0.494 e. The zero-order valence-electron chi connectivity index (χ0n) is 12.4. The summed E-state index contributed by atoms with van der Waals surface area (Å²) in [7, 11) is 0. The summed E-state index contributed by atoms with van der Waals surface area (Å²) >= 11 is 10.3. The Bertz CT molecular complexity index is 571. The lowest BCUT2D eigenvalue weighted by atomic mass is 9.89. The van der Waals surface area contributed by atoms with Gasteiger partial charge in [0.05, 0.1) is 12.0 Å². The van der Waals surface area contributed by atoms with Crippen molar-refractivity contribution in [3.63, 3.8) is 0 Å². The van der Waals surface area contributed by atoms with Crippen LogP contribution in [0.2, 0.25) is 0 Å². The quantitative estimate of drug-likeness (QED) is 0.543. The van der Waals surface area contributed by atoms with Gasteiger partial charge in [-0.2, -0.15) is 0 Å². The number of hydrogen-bond acceptors (Lipinski definition) is 1. The molecule has 112 valence electrons. The monoisotopic (exact) mass is 366 g/mol. The molecule has 0 saturated carbocycles. The molecule has 0 spiro atoms. The van der Waals surface area contributed by atoms with Crippen LogP contribution in [-0.2, 0) is 0 Å². The van der Waals surface area contributed by atoms with Gasteiger partial charge < -0.3 is 4.74 Å². The van der Waals surface area contributed by atoms with Crippen LogP contribution in [0, 0.1) is 0 Å². The van der Waals surface area contributed by atoms with E-state index in [0.717, 1.165) is 22.2 Å². The molecular formula is C18H20BrClO. The van der Waals surface area contributed by atoms with E-state index in [9.17, 15) is 0 Å². The Labute approximate surface area is 140 Å². The molecule has 0 fully saturated rings. The van der Waals surface area contributed by atoms with Crippen LogP contribution in [-0.4, -0.2) is 6.61 Å². The van der Waals surface area contributed by atoms with Crippen molar-refractivity contribution in [1.29, 1.82) is 0 Å². The number of halogens is 2. The van der Waals surface area contributed by atoms with Crippen LogP contribution in [0.1, 0.15) is 42.7 Å². The van der Waals surface area contributed by atoms with Crippen molar-refractivity contribution in [3.8, 4) is 5.75 Å². The molecule has 0 aromatic heterocycles. The predicted octanol–water partition coefficient (Wildman–Crippen LogP) is 6.32. The van der Waals surface area contributed by atoms with Crippen LogP contribution in [0.25, 0.3) is 0 Å². The largest absolute Gasteiger partial charge is 0.494 e. The van der Waals surface area contributed by atoms with Crippen LogP contribution < -0.4 is 4.74 Å². The van der Waals surface area contributed by atoms with Crippen molar-refractivity contribution < 1.29 is 4.74 Å². The van der Waals surface area contributed by atoms with Crippen molar-refractivity contribution in [1.82, 2.24) is 0 Å². The van der Waals surface area contributed by atoms with Crippen molar-refractivity contribution >= 4 is 27.5 Å². The summed E-state index contributed by atoms with van der Waals surface area (Å²) in [5, 5.41) is -0.114. The fourth-order valence-electron chi connectivity index (χ4n) is 2.55. The van der Waals surface area contributed by atoms with Gasteiger partial charge in [-0.15, -0.1) is 11.6 Å². The first-order valence-corrected chi connectivity index (χ1v) is 8.51. The molecule has 0 aliphatic rings. The Hall–Kier alpha value is -0.990. The Balaban J connectivity index is 2.37. The minimum atomic E-state index is -0.114. The minimum absolute atomic E-state index is 0.114. The maximum atomic E-state index is 6.82. The average molecular weight is 368 g/mol. The van der Waals surface area contributed by atoms with Gasteiger partial charge in [0.1, 0.15) is 5.75 Å². The Kier molecular flexibility index (Phi) is 6.13. The number of alkyl halides is 1. The number of hydrogen-bond donors (Lipinski definition) is 0. The molecule has 2 aromatic rings. The molecule has 2 atom stereocenters. The Morgan fingerprint density at radius 3 is 2.43 bits per heavy atom. The number of ether oxygens (including phenoxy) is 1. The second kappa shape index (κ2) is 7.86. The van der Waals surface area contributed by atoms with Crippen LogP contribution in [0.3, 0.4) is 0 Å². The molecule has 1 nitrogen and oxygen atoms in total. The van der Waals surface area contributed by atoms with Crippen molar-refractivity contribution in [2.45, 2.75) is 31.6 Å². The molecule has 0 bridgehead atoms. The van der Waals surface area contributed by atoms with Gasteiger partial charge in [0.2, 0.25) is 0 Å². The highest BCUT2D eigenvalue weighted by molar-refractivity contribution is 9.10. The summed E-state index contributed by atoms with van der Waals surface area (Å²) in [4.78, 5) is 0. The summed E-state index contributed by atoms with van der Waals surface area (Å²) in [6.45, 7) is 4.80. The van der Waals surface area contributed by atoms with E-state index in [1.54, 1.807) is 0 Å². The van der Waals surface area contributed by atoms with Gasteiger partial charge in [-0.05, 0) is 37.1 Å². The second-order valence-corrected chi connectivity index (χ2v) is 6.33. The first kappa shape index (κ1) is 16.4. The van der Waals surface area contributed by atoms with E-state index in [2.05, 4.69) is 53.2 Å². The topological polar surface area (TPSA) is 9.23 Å². The summed E-state index contributed by atoms with van der Waals surface area (Å²) in [5.74, 6) is 1.14. The van der Waals surface area contributed by atoms with Gasteiger partial charge in [-0.1, -0.05) is 53.2 Å².